The van der Waals surface area contributed by atoms with Crippen LogP contribution in [0.2, 0.25) is 0 Å². The molecule has 100 valence electrons. The lowest BCUT2D eigenvalue weighted by Crippen LogP contribution is -2.25. The Morgan fingerprint density at radius 3 is 2.06 bits per heavy atom. The van der Waals surface area contributed by atoms with Crippen LogP contribution < -0.4 is 0 Å². The first-order chi connectivity index (χ1) is 8.13. The zero-order valence-electron chi connectivity index (χ0n) is 11.2. The zero-order valence-corrected chi connectivity index (χ0v) is 11.2. The summed E-state index contributed by atoms with van der Waals surface area (Å²) >= 11 is 0. The standard InChI is InChI=1S/C13H24O4/c1-4-7-11(17-13(15)9-6-3)10-16-12(14)8-5-2/h11H,4-10H2,1-3H3. The maximum absolute atomic E-state index is 11.3. The third-order valence-corrected chi connectivity index (χ3v) is 2.25. The molecule has 0 saturated heterocycles. The van der Waals surface area contributed by atoms with Crippen LogP contribution in [0.15, 0.2) is 0 Å². The fraction of sp³-hybridized carbons (Fsp3) is 0.846. The van der Waals surface area contributed by atoms with Gasteiger partial charge in [-0.25, -0.2) is 0 Å². The molecular formula is C13H24O4. The molecule has 0 aliphatic carbocycles. The molecule has 17 heavy (non-hydrogen) atoms. The van der Waals surface area contributed by atoms with Gasteiger partial charge in [-0.15, -0.1) is 0 Å². The molecule has 0 rings (SSSR count). The van der Waals surface area contributed by atoms with E-state index in [4.69, 9.17) is 9.47 Å². The molecule has 0 aliphatic heterocycles. The van der Waals surface area contributed by atoms with Gasteiger partial charge in [0.05, 0.1) is 0 Å². The maximum atomic E-state index is 11.3. The summed E-state index contributed by atoms with van der Waals surface area (Å²) in [6.45, 7) is 6.04. The van der Waals surface area contributed by atoms with E-state index in [1.54, 1.807) is 0 Å². The van der Waals surface area contributed by atoms with Crippen molar-refractivity contribution in [3.63, 3.8) is 0 Å². The van der Waals surface area contributed by atoms with Crippen molar-refractivity contribution in [3.8, 4) is 0 Å². The fourth-order valence-electron chi connectivity index (χ4n) is 1.41. The van der Waals surface area contributed by atoms with E-state index >= 15 is 0 Å². The van der Waals surface area contributed by atoms with Crippen LogP contribution in [-0.4, -0.2) is 24.6 Å². The Hall–Kier alpha value is -1.06. The van der Waals surface area contributed by atoms with E-state index in [1.807, 2.05) is 20.8 Å². The van der Waals surface area contributed by atoms with E-state index < -0.39 is 0 Å². The first-order valence-electron chi connectivity index (χ1n) is 6.49. The number of carbonyl (C=O) groups is 2. The summed E-state index contributed by atoms with van der Waals surface area (Å²) in [5, 5.41) is 0. The molecule has 0 aromatic heterocycles. The first-order valence-corrected chi connectivity index (χ1v) is 6.49. The molecule has 0 heterocycles. The van der Waals surface area contributed by atoms with Gasteiger partial charge in [-0.1, -0.05) is 27.2 Å². The molecule has 0 fully saturated rings. The molecule has 0 spiro atoms. The lowest BCUT2D eigenvalue weighted by atomic mass is 10.2. The Morgan fingerprint density at radius 1 is 0.941 bits per heavy atom. The molecule has 0 aromatic carbocycles. The maximum Gasteiger partial charge on any atom is 0.306 e. The largest absolute Gasteiger partial charge is 0.462 e. The Morgan fingerprint density at radius 2 is 1.53 bits per heavy atom. The molecule has 0 aliphatic rings. The van der Waals surface area contributed by atoms with Crippen molar-refractivity contribution in [1.29, 1.82) is 0 Å². The van der Waals surface area contributed by atoms with Crippen LogP contribution in [0.1, 0.15) is 59.3 Å². The molecule has 0 amide bonds. The van der Waals surface area contributed by atoms with Crippen molar-refractivity contribution in [3.05, 3.63) is 0 Å². The van der Waals surface area contributed by atoms with Crippen LogP contribution >= 0.6 is 0 Å². The average Bonchev–Trinajstić information content (AvgIpc) is 2.27. The van der Waals surface area contributed by atoms with Gasteiger partial charge in [0, 0.05) is 12.8 Å². The minimum Gasteiger partial charge on any atom is -0.462 e. The SMILES string of the molecule is CCCC(=O)OCC(CCC)OC(=O)CCC. The molecule has 1 unspecified atom stereocenters. The second kappa shape index (κ2) is 10.1. The van der Waals surface area contributed by atoms with Gasteiger partial charge in [0.2, 0.25) is 0 Å². The molecule has 0 saturated carbocycles. The van der Waals surface area contributed by atoms with Crippen LogP contribution in [0.4, 0.5) is 0 Å². The Bertz CT molecular complexity index is 225. The summed E-state index contributed by atoms with van der Waals surface area (Å²) in [6, 6.07) is 0. The number of hydrogen-bond donors (Lipinski definition) is 0. The number of esters is 2. The zero-order chi connectivity index (χ0) is 13.1. The predicted octanol–water partition coefficient (Wildman–Crippen LogP) is 2.84. The van der Waals surface area contributed by atoms with Gasteiger partial charge in [0.1, 0.15) is 12.7 Å². The summed E-state index contributed by atoms with van der Waals surface area (Å²) in [5.41, 5.74) is 0. The highest BCUT2D eigenvalue weighted by atomic mass is 16.6. The van der Waals surface area contributed by atoms with Crippen molar-refractivity contribution in [1.82, 2.24) is 0 Å². The number of ether oxygens (including phenoxy) is 2. The quantitative estimate of drug-likeness (QED) is 0.585. The van der Waals surface area contributed by atoms with E-state index in [9.17, 15) is 9.59 Å². The third-order valence-electron chi connectivity index (χ3n) is 2.25. The summed E-state index contributed by atoms with van der Waals surface area (Å²) in [4.78, 5) is 22.5. The van der Waals surface area contributed by atoms with Gasteiger partial charge in [-0.2, -0.15) is 0 Å². The minimum atomic E-state index is -0.292. The van der Waals surface area contributed by atoms with Crippen LogP contribution in [0.3, 0.4) is 0 Å². The smallest absolute Gasteiger partial charge is 0.306 e. The molecular weight excluding hydrogens is 220 g/mol. The van der Waals surface area contributed by atoms with Crippen molar-refractivity contribution in [2.75, 3.05) is 6.61 Å². The predicted molar refractivity (Wildman–Crippen MR) is 65.6 cm³/mol. The fourth-order valence-corrected chi connectivity index (χ4v) is 1.41. The Kier molecular flexibility index (Phi) is 9.49. The number of rotatable bonds is 9. The lowest BCUT2D eigenvalue weighted by molar-refractivity contribution is -0.159. The number of carbonyl (C=O) groups excluding carboxylic acids is 2. The molecule has 1 atom stereocenters. The Balaban J connectivity index is 3.96. The summed E-state index contributed by atoms with van der Waals surface area (Å²) in [6.07, 6.45) is 3.72. The second-order valence-corrected chi connectivity index (χ2v) is 4.08. The van der Waals surface area contributed by atoms with Crippen LogP contribution in [0, 0.1) is 0 Å². The van der Waals surface area contributed by atoms with Crippen molar-refractivity contribution in [2.24, 2.45) is 0 Å². The normalized spacial score (nSPS) is 11.9. The Labute approximate surface area is 104 Å². The van der Waals surface area contributed by atoms with Gasteiger partial charge >= 0.3 is 11.9 Å². The average molecular weight is 244 g/mol. The molecule has 4 heteroatoms. The van der Waals surface area contributed by atoms with Crippen LogP contribution in [0.5, 0.6) is 0 Å². The highest BCUT2D eigenvalue weighted by Crippen LogP contribution is 2.06. The van der Waals surface area contributed by atoms with E-state index in [0.29, 0.717) is 12.8 Å². The topological polar surface area (TPSA) is 52.6 Å². The van der Waals surface area contributed by atoms with Crippen molar-refractivity contribution < 1.29 is 19.1 Å². The summed E-state index contributed by atoms with van der Waals surface area (Å²) < 4.78 is 10.3. The monoisotopic (exact) mass is 244 g/mol. The molecule has 0 bridgehead atoms. The molecule has 4 nitrogen and oxygen atoms in total. The third kappa shape index (κ3) is 8.72. The molecule has 0 aromatic rings. The van der Waals surface area contributed by atoms with Crippen LogP contribution in [-0.2, 0) is 19.1 Å². The van der Waals surface area contributed by atoms with Gasteiger partial charge < -0.3 is 9.47 Å². The van der Waals surface area contributed by atoms with Gasteiger partial charge in [-0.3, -0.25) is 9.59 Å². The molecule has 0 N–H and O–H groups in total. The minimum absolute atomic E-state index is 0.183. The highest BCUT2D eigenvalue weighted by Gasteiger charge is 2.15. The van der Waals surface area contributed by atoms with E-state index in [0.717, 1.165) is 25.7 Å². The van der Waals surface area contributed by atoms with Gasteiger partial charge in [0.25, 0.3) is 0 Å². The molecule has 0 radical (unpaired) electrons. The highest BCUT2D eigenvalue weighted by molar-refractivity contribution is 5.70. The van der Waals surface area contributed by atoms with Crippen molar-refractivity contribution in [2.45, 2.75) is 65.4 Å². The van der Waals surface area contributed by atoms with E-state index in [1.165, 1.54) is 0 Å². The van der Waals surface area contributed by atoms with E-state index in [2.05, 4.69) is 0 Å². The number of hydrogen-bond acceptors (Lipinski definition) is 4. The van der Waals surface area contributed by atoms with E-state index in [-0.39, 0.29) is 24.6 Å². The summed E-state index contributed by atoms with van der Waals surface area (Å²) in [7, 11) is 0. The van der Waals surface area contributed by atoms with Crippen LogP contribution in [0.25, 0.3) is 0 Å². The lowest BCUT2D eigenvalue weighted by Gasteiger charge is -2.17. The first kappa shape index (κ1) is 15.9. The van der Waals surface area contributed by atoms with Gasteiger partial charge in [-0.05, 0) is 19.3 Å². The van der Waals surface area contributed by atoms with Gasteiger partial charge in [0.15, 0.2) is 0 Å². The van der Waals surface area contributed by atoms with Crippen molar-refractivity contribution >= 4 is 11.9 Å². The summed E-state index contributed by atoms with van der Waals surface area (Å²) in [5.74, 6) is -0.433. The second-order valence-electron chi connectivity index (χ2n) is 4.08.